The average molecular weight is 358 g/mol. The third-order valence-corrected chi connectivity index (χ3v) is 4.01. The largest absolute Gasteiger partial charge is 0.443 e. The van der Waals surface area contributed by atoms with Gasteiger partial charge in [-0.15, -0.1) is 0 Å². The molecule has 1 aromatic carbocycles. The molecule has 3 rings (SSSR count). The first-order chi connectivity index (χ1) is 11.2. The van der Waals surface area contributed by atoms with E-state index in [0.29, 0.717) is 6.07 Å². The van der Waals surface area contributed by atoms with Crippen LogP contribution < -0.4 is 5.14 Å². The fourth-order valence-electron chi connectivity index (χ4n) is 2.08. The third-order valence-electron chi connectivity index (χ3n) is 3.05. The number of halogens is 3. The zero-order valence-electron chi connectivity index (χ0n) is 11.7. The van der Waals surface area contributed by atoms with Gasteiger partial charge in [-0.25, -0.2) is 23.2 Å². The average Bonchev–Trinajstić information content (AvgIpc) is 3.14. The SMILES string of the molecule is NS(=O)(=O)c1ccccc1-n1nc(C(F)(F)F)cc1-c1ncco1. The van der Waals surface area contributed by atoms with Crippen molar-refractivity contribution in [1.29, 1.82) is 0 Å². The van der Waals surface area contributed by atoms with Gasteiger partial charge in [-0.3, -0.25) is 0 Å². The van der Waals surface area contributed by atoms with E-state index in [0.717, 1.165) is 4.68 Å². The summed E-state index contributed by atoms with van der Waals surface area (Å²) < 4.78 is 68.2. The lowest BCUT2D eigenvalue weighted by molar-refractivity contribution is -0.141. The minimum absolute atomic E-state index is 0.149. The molecule has 24 heavy (non-hydrogen) atoms. The number of nitrogens with zero attached hydrogens (tertiary/aromatic N) is 3. The van der Waals surface area contributed by atoms with Crippen molar-refractivity contribution in [2.45, 2.75) is 11.1 Å². The second-order valence-electron chi connectivity index (χ2n) is 4.67. The van der Waals surface area contributed by atoms with Crippen molar-refractivity contribution >= 4 is 10.0 Å². The highest BCUT2D eigenvalue weighted by atomic mass is 32.2. The Morgan fingerprint density at radius 1 is 1.21 bits per heavy atom. The molecule has 0 amide bonds. The number of sulfonamides is 1. The van der Waals surface area contributed by atoms with Crippen LogP contribution in [-0.2, 0) is 16.2 Å². The molecule has 3 aromatic rings. The Morgan fingerprint density at radius 3 is 2.50 bits per heavy atom. The molecule has 0 unspecified atom stereocenters. The number of oxazole rings is 1. The zero-order valence-corrected chi connectivity index (χ0v) is 12.5. The first-order valence-corrected chi connectivity index (χ1v) is 7.92. The van der Waals surface area contributed by atoms with Gasteiger partial charge in [-0.05, 0) is 12.1 Å². The topological polar surface area (TPSA) is 104 Å². The number of rotatable bonds is 3. The minimum atomic E-state index is -4.73. The van der Waals surface area contributed by atoms with E-state index in [1.807, 2.05) is 0 Å². The predicted molar refractivity (Wildman–Crippen MR) is 75.4 cm³/mol. The second kappa shape index (κ2) is 5.46. The molecule has 0 aliphatic heterocycles. The van der Waals surface area contributed by atoms with Crippen LogP contribution in [-0.4, -0.2) is 23.2 Å². The smallest absolute Gasteiger partial charge is 0.435 e. The first-order valence-electron chi connectivity index (χ1n) is 6.37. The third kappa shape index (κ3) is 2.90. The minimum Gasteiger partial charge on any atom is -0.443 e. The predicted octanol–water partition coefficient (Wildman–Crippen LogP) is 2.19. The molecule has 0 bridgehead atoms. The fourth-order valence-corrected chi connectivity index (χ4v) is 2.79. The van der Waals surface area contributed by atoms with Crippen LogP contribution in [0.3, 0.4) is 0 Å². The molecule has 2 aromatic heterocycles. The van der Waals surface area contributed by atoms with Crippen molar-refractivity contribution in [2.24, 2.45) is 5.14 Å². The van der Waals surface area contributed by atoms with Gasteiger partial charge < -0.3 is 4.42 Å². The molecular weight excluding hydrogens is 349 g/mol. The van der Waals surface area contributed by atoms with E-state index in [-0.39, 0.29) is 22.2 Å². The Morgan fingerprint density at radius 2 is 1.92 bits per heavy atom. The molecule has 0 aliphatic rings. The lowest BCUT2D eigenvalue weighted by atomic mass is 10.3. The molecule has 0 saturated carbocycles. The Bertz CT molecular complexity index is 978. The molecule has 11 heteroatoms. The molecule has 2 N–H and O–H groups in total. The summed E-state index contributed by atoms with van der Waals surface area (Å²) in [4.78, 5) is 3.40. The number of aromatic nitrogens is 3. The first kappa shape index (κ1) is 16.2. The maximum absolute atomic E-state index is 13.0. The van der Waals surface area contributed by atoms with Crippen molar-refractivity contribution in [2.75, 3.05) is 0 Å². The highest BCUT2D eigenvalue weighted by Gasteiger charge is 2.36. The summed E-state index contributed by atoms with van der Waals surface area (Å²) in [5.41, 5.74) is -1.54. The van der Waals surface area contributed by atoms with Crippen molar-refractivity contribution in [3.63, 3.8) is 0 Å². The molecular formula is C13H9F3N4O3S. The van der Waals surface area contributed by atoms with Gasteiger partial charge in [0.1, 0.15) is 16.9 Å². The van der Waals surface area contributed by atoms with E-state index >= 15 is 0 Å². The van der Waals surface area contributed by atoms with Crippen molar-refractivity contribution in [3.8, 4) is 17.3 Å². The van der Waals surface area contributed by atoms with E-state index in [1.165, 1.54) is 36.7 Å². The van der Waals surface area contributed by atoms with Gasteiger partial charge in [0.2, 0.25) is 15.9 Å². The van der Waals surface area contributed by atoms with Crippen molar-refractivity contribution < 1.29 is 26.0 Å². The number of para-hydroxylation sites is 1. The summed E-state index contributed by atoms with van der Waals surface area (Å²) in [7, 11) is -4.19. The number of alkyl halides is 3. The van der Waals surface area contributed by atoms with Crippen LogP contribution in [0.2, 0.25) is 0 Å². The standard InChI is InChI=1S/C13H9F3N4O3S/c14-13(15,16)11-7-9(12-18-5-6-23-12)20(19-11)8-3-1-2-4-10(8)24(17,21)22/h1-7H,(H2,17,21,22). The summed E-state index contributed by atoms with van der Waals surface area (Å²) in [5, 5.41) is 8.58. The number of hydrogen-bond donors (Lipinski definition) is 1. The summed E-state index contributed by atoms with van der Waals surface area (Å²) in [5.74, 6) is -0.151. The molecule has 0 fully saturated rings. The van der Waals surface area contributed by atoms with Gasteiger partial charge in [-0.2, -0.15) is 18.3 Å². The van der Waals surface area contributed by atoms with Crippen LogP contribution >= 0.6 is 0 Å². The van der Waals surface area contributed by atoms with Gasteiger partial charge in [0, 0.05) is 6.07 Å². The van der Waals surface area contributed by atoms with E-state index < -0.39 is 21.9 Å². The molecule has 0 aliphatic carbocycles. The van der Waals surface area contributed by atoms with Crippen molar-refractivity contribution in [1.82, 2.24) is 14.8 Å². The number of primary sulfonamides is 1. The number of benzene rings is 1. The molecule has 0 saturated heterocycles. The van der Waals surface area contributed by atoms with Crippen LogP contribution in [0.25, 0.3) is 17.3 Å². The zero-order chi connectivity index (χ0) is 17.5. The van der Waals surface area contributed by atoms with E-state index in [4.69, 9.17) is 9.56 Å². The van der Waals surface area contributed by atoms with Crippen LogP contribution in [0.5, 0.6) is 0 Å². The Labute approximate surface area is 133 Å². The highest BCUT2D eigenvalue weighted by Crippen LogP contribution is 2.33. The van der Waals surface area contributed by atoms with Gasteiger partial charge in [0.25, 0.3) is 0 Å². The van der Waals surface area contributed by atoms with E-state index in [2.05, 4.69) is 10.1 Å². The van der Waals surface area contributed by atoms with E-state index in [9.17, 15) is 21.6 Å². The second-order valence-corrected chi connectivity index (χ2v) is 6.20. The lowest BCUT2D eigenvalue weighted by Gasteiger charge is -2.09. The number of hydrogen-bond acceptors (Lipinski definition) is 5. The summed E-state index contributed by atoms with van der Waals surface area (Å²) in [6, 6.07) is 5.99. The van der Waals surface area contributed by atoms with Gasteiger partial charge in [0.15, 0.2) is 5.69 Å². The van der Waals surface area contributed by atoms with Crippen LogP contribution in [0.1, 0.15) is 5.69 Å². The lowest BCUT2D eigenvalue weighted by Crippen LogP contribution is -2.16. The van der Waals surface area contributed by atoms with Gasteiger partial charge in [-0.1, -0.05) is 12.1 Å². The van der Waals surface area contributed by atoms with Crippen LogP contribution in [0.4, 0.5) is 13.2 Å². The quantitative estimate of drug-likeness (QED) is 0.773. The van der Waals surface area contributed by atoms with Gasteiger partial charge >= 0.3 is 6.18 Å². The van der Waals surface area contributed by atoms with Gasteiger partial charge in [0.05, 0.1) is 11.9 Å². The van der Waals surface area contributed by atoms with Crippen molar-refractivity contribution in [3.05, 3.63) is 48.5 Å². The Kier molecular flexibility index (Phi) is 3.68. The summed E-state index contributed by atoms with van der Waals surface area (Å²) in [6.07, 6.45) is -2.32. The summed E-state index contributed by atoms with van der Waals surface area (Å²) in [6.45, 7) is 0. The normalized spacial score (nSPS) is 12.5. The molecule has 0 atom stereocenters. The number of nitrogens with two attached hydrogens (primary N) is 1. The van der Waals surface area contributed by atoms with Crippen LogP contribution in [0.15, 0.2) is 52.1 Å². The van der Waals surface area contributed by atoms with E-state index in [1.54, 1.807) is 0 Å². The molecule has 0 spiro atoms. The summed E-state index contributed by atoms with van der Waals surface area (Å²) >= 11 is 0. The molecule has 2 heterocycles. The maximum atomic E-state index is 13.0. The monoisotopic (exact) mass is 358 g/mol. The molecule has 7 nitrogen and oxygen atoms in total. The Hall–Kier alpha value is -2.66. The maximum Gasteiger partial charge on any atom is 0.435 e. The highest BCUT2D eigenvalue weighted by molar-refractivity contribution is 7.89. The molecule has 0 radical (unpaired) electrons. The fraction of sp³-hybridized carbons (Fsp3) is 0.0769. The molecule has 126 valence electrons. The Balaban J connectivity index is 2.31. The van der Waals surface area contributed by atoms with Crippen LogP contribution in [0, 0.1) is 0 Å².